The van der Waals surface area contributed by atoms with Crippen molar-refractivity contribution in [2.75, 3.05) is 25.0 Å². The summed E-state index contributed by atoms with van der Waals surface area (Å²) in [6, 6.07) is 8.48. The molecule has 1 aromatic carbocycles. The van der Waals surface area contributed by atoms with Gasteiger partial charge in [0.1, 0.15) is 0 Å². The lowest BCUT2D eigenvalue weighted by Crippen LogP contribution is -2.36. The molecule has 4 nitrogen and oxygen atoms in total. The highest BCUT2D eigenvalue weighted by atomic mass is 16.2. The monoisotopic (exact) mass is 261 g/mol. The minimum Gasteiger partial charge on any atom is -0.330 e. The number of benzene rings is 1. The van der Waals surface area contributed by atoms with Gasteiger partial charge < -0.3 is 11.1 Å². The van der Waals surface area contributed by atoms with Gasteiger partial charge in [-0.3, -0.25) is 9.69 Å². The highest BCUT2D eigenvalue weighted by Gasteiger charge is 2.29. The summed E-state index contributed by atoms with van der Waals surface area (Å²) in [5, 5.41) is 2.95. The van der Waals surface area contributed by atoms with Gasteiger partial charge in [-0.25, -0.2) is 0 Å². The van der Waals surface area contributed by atoms with Crippen molar-refractivity contribution in [3.05, 3.63) is 29.8 Å². The van der Waals surface area contributed by atoms with E-state index in [1.807, 2.05) is 31.2 Å². The number of nitrogens with two attached hydrogens (primary N) is 1. The molecule has 0 aliphatic heterocycles. The minimum absolute atomic E-state index is 0.0628. The molecule has 2 rings (SSSR count). The molecular weight excluding hydrogens is 238 g/mol. The first kappa shape index (κ1) is 14.0. The maximum atomic E-state index is 12.0. The molecule has 0 atom stereocenters. The van der Waals surface area contributed by atoms with Crippen molar-refractivity contribution in [1.82, 2.24) is 4.90 Å². The molecule has 0 saturated heterocycles. The topological polar surface area (TPSA) is 58.4 Å². The van der Waals surface area contributed by atoms with E-state index in [0.717, 1.165) is 18.7 Å². The number of nitrogens with one attached hydrogen (secondary N) is 1. The molecule has 19 heavy (non-hydrogen) atoms. The van der Waals surface area contributed by atoms with Gasteiger partial charge in [0, 0.05) is 18.3 Å². The van der Waals surface area contributed by atoms with Gasteiger partial charge >= 0.3 is 0 Å². The van der Waals surface area contributed by atoms with Gasteiger partial charge in [-0.15, -0.1) is 0 Å². The summed E-state index contributed by atoms with van der Waals surface area (Å²) in [4.78, 5) is 14.3. The predicted octanol–water partition coefficient (Wildman–Crippen LogP) is 1.75. The molecule has 1 aliphatic carbocycles. The highest BCUT2D eigenvalue weighted by Crippen LogP contribution is 2.26. The molecule has 104 valence electrons. The average molecular weight is 261 g/mol. The Bertz CT molecular complexity index is 412. The van der Waals surface area contributed by atoms with Crippen LogP contribution in [-0.4, -0.2) is 36.5 Å². The summed E-state index contributed by atoms with van der Waals surface area (Å²) in [6.45, 7) is 4.11. The molecule has 0 spiro atoms. The van der Waals surface area contributed by atoms with Crippen LogP contribution < -0.4 is 11.1 Å². The van der Waals surface area contributed by atoms with Crippen LogP contribution in [-0.2, 0) is 4.79 Å². The summed E-state index contributed by atoms with van der Waals surface area (Å²) in [7, 11) is 0. The Morgan fingerprint density at radius 3 is 2.63 bits per heavy atom. The summed E-state index contributed by atoms with van der Waals surface area (Å²) in [6.07, 6.45) is 3.37. The van der Waals surface area contributed by atoms with Gasteiger partial charge in [0.05, 0.1) is 6.54 Å². The number of nitrogens with zero attached hydrogens (tertiary/aromatic N) is 1. The van der Waals surface area contributed by atoms with Crippen LogP contribution in [0.15, 0.2) is 24.3 Å². The zero-order chi connectivity index (χ0) is 13.7. The molecule has 1 amide bonds. The smallest absolute Gasteiger partial charge is 0.238 e. The minimum atomic E-state index is 0.0628. The van der Waals surface area contributed by atoms with Crippen LogP contribution in [0.3, 0.4) is 0 Å². The van der Waals surface area contributed by atoms with Gasteiger partial charge in [-0.2, -0.15) is 0 Å². The number of amides is 1. The third-order valence-corrected chi connectivity index (χ3v) is 3.39. The van der Waals surface area contributed by atoms with Crippen LogP contribution in [0.25, 0.3) is 0 Å². The third kappa shape index (κ3) is 4.65. The van der Waals surface area contributed by atoms with Crippen molar-refractivity contribution in [2.24, 2.45) is 5.73 Å². The van der Waals surface area contributed by atoms with Gasteiger partial charge in [0.2, 0.25) is 5.91 Å². The van der Waals surface area contributed by atoms with E-state index in [2.05, 4.69) is 10.2 Å². The van der Waals surface area contributed by atoms with E-state index in [0.29, 0.717) is 19.1 Å². The summed E-state index contributed by atoms with van der Waals surface area (Å²) in [5.41, 5.74) is 7.60. The van der Waals surface area contributed by atoms with Crippen molar-refractivity contribution in [1.29, 1.82) is 0 Å². The van der Waals surface area contributed by atoms with Crippen molar-refractivity contribution < 1.29 is 4.79 Å². The quantitative estimate of drug-likeness (QED) is 0.786. The number of rotatable bonds is 7. The summed E-state index contributed by atoms with van der Waals surface area (Å²) < 4.78 is 0. The molecule has 0 unspecified atom stereocenters. The fourth-order valence-corrected chi connectivity index (χ4v) is 2.15. The maximum absolute atomic E-state index is 12.0. The van der Waals surface area contributed by atoms with Crippen LogP contribution in [0.1, 0.15) is 24.8 Å². The van der Waals surface area contributed by atoms with Gasteiger partial charge in [0.25, 0.3) is 0 Å². The first-order valence-corrected chi connectivity index (χ1v) is 6.99. The number of hydrogen-bond donors (Lipinski definition) is 2. The number of anilines is 1. The summed E-state index contributed by atoms with van der Waals surface area (Å²) in [5.74, 6) is 0.0628. The molecule has 0 radical (unpaired) electrons. The number of carbonyl (C=O) groups is 1. The van der Waals surface area contributed by atoms with E-state index in [1.165, 1.54) is 18.4 Å². The second kappa shape index (κ2) is 6.68. The zero-order valence-corrected chi connectivity index (χ0v) is 11.6. The van der Waals surface area contributed by atoms with E-state index in [4.69, 9.17) is 5.73 Å². The molecule has 1 saturated carbocycles. The molecule has 1 aliphatic rings. The van der Waals surface area contributed by atoms with Crippen LogP contribution in [0.5, 0.6) is 0 Å². The van der Waals surface area contributed by atoms with E-state index >= 15 is 0 Å². The SMILES string of the molecule is Cc1ccc(NC(=O)CN(CCCN)C2CC2)cc1. The fraction of sp³-hybridized carbons (Fsp3) is 0.533. The van der Waals surface area contributed by atoms with Crippen LogP contribution >= 0.6 is 0 Å². The Balaban J connectivity index is 1.83. The Labute approximate surface area is 115 Å². The number of hydrogen-bond acceptors (Lipinski definition) is 3. The van der Waals surface area contributed by atoms with Gasteiger partial charge in [0.15, 0.2) is 0 Å². The molecule has 0 aromatic heterocycles. The third-order valence-electron chi connectivity index (χ3n) is 3.39. The second-order valence-corrected chi connectivity index (χ2v) is 5.26. The average Bonchev–Trinajstić information content (AvgIpc) is 3.21. The van der Waals surface area contributed by atoms with Crippen LogP contribution in [0, 0.1) is 6.92 Å². The fourth-order valence-electron chi connectivity index (χ4n) is 2.15. The van der Waals surface area contributed by atoms with Crippen molar-refractivity contribution >= 4 is 11.6 Å². The van der Waals surface area contributed by atoms with E-state index in [9.17, 15) is 4.79 Å². The molecule has 4 heteroatoms. The number of aryl methyl sites for hydroxylation is 1. The van der Waals surface area contributed by atoms with Gasteiger partial charge in [-0.05, 0) is 44.9 Å². The molecular formula is C15H23N3O. The standard InChI is InChI=1S/C15H23N3O/c1-12-3-5-13(6-4-12)17-15(19)11-18(10-2-9-16)14-7-8-14/h3-6,14H,2,7-11,16H2,1H3,(H,17,19). The van der Waals surface area contributed by atoms with Crippen LogP contribution in [0.4, 0.5) is 5.69 Å². The molecule has 0 bridgehead atoms. The lowest BCUT2D eigenvalue weighted by Gasteiger charge is -2.21. The summed E-state index contributed by atoms with van der Waals surface area (Å²) >= 11 is 0. The lowest BCUT2D eigenvalue weighted by atomic mass is 10.2. The molecule has 1 fully saturated rings. The largest absolute Gasteiger partial charge is 0.330 e. The zero-order valence-electron chi connectivity index (χ0n) is 11.6. The first-order valence-electron chi connectivity index (χ1n) is 6.99. The lowest BCUT2D eigenvalue weighted by molar-refractivity contribution is -0.117. The van der Waals surface area contributed by atoms with Crippen molar-refractivity contribution in [3.63, 3.8) is 0 Å². The molecule has 0 heterocycles. The van der Waals surface area contributed by atoms with Crippen molar-refractivity contribution in [3.8, 4) is 0 Å². The van der Waals surface area contributed by atoms with E-state index < -0.39 is 0 Å². The first-order chi connectivity index (χ1) is 9.19. The van der Waals surface area contributed by atoms with E-state index in [-0.39, 0.29) is 5.91 Å². The van der Waals surface area contributed by atoms with Crippen molar-refractivity contribution in [2.45, 2.75) is 32.2 Å². The van der Waals surface area contributed by atoms with Crippen LogP contribution in [0.2, 0.25) is 0 Å². The highest BCUT2D eigenvalue weighted by molar-refractivity contribution is 5.92. The Morgan fingerprint density at radius 2 is 2.05 bits per heavy atom. The Hall–Kier alpha value is -1.39. The van der Waals surface area contributed by atoms with E-state index in [1.54, 1.807) is 0 Å². The molecule has 3 N–H and O–H groups in total. The second-order valence-electron chi connectivity index (χ2n) is 5.26. The number of carbonyl (C=O) groups excluding carboxylic acids is 1. The maximum Gasteiger partial charge on any atom is 0.238 e. The normalized spacial score (nSPS) is 14.7. The Morgan fingerprint density at radius 1 is 1.37 bits per heavy atom. The predicted molar refractivity (Wildman–Crippen MR) is 78.1 cm³/mol. The molecule has 1 aromatic rings. The van der Waals surface area contributed by atoms with Gasteiger partial charge in [-0.1, -0.05) is 17.7 Å². The Kier molecular flexibility index (Phi) is 4.93.